The first-order valence-corrected chi connectivity index (χ1v) is 9.46. The van der Waals surface area contributed by atoms with E-state index in [-0.39, 0.29) is 35.1 Å². The molecule has 156 valence electrons. The van der Waals surface area contributed by atoms with Crippen molar-refractivity contribution in [2.45, 2.75) is 37.4 Å². The summed E-state index contributed by atoms with van der Waals surface area (Å²) in [6.07, 6.45) is -1.79. The molecular weight excluding hydrogens is 392 g/mol. The van der Waals surface area contributed by atoms with E-state index < -0.39 is 57.8 Å². The number of carbonyl (C=O) groups excluding carboxylic acids is 3. The summed E-state index contributed by atoms with van der Waals surface area (Å²) in [7, 11) is 1.10. The third kappa shape index (κ3) is 2.44. The summed E-state index contributed by atoms with van der Waals surface area (Å²) >= 11 is 0. The van der Waals surface area contributed by atoms with Crippen molar-refractivity contribution >= 4 is 17.5 Å². The van der Waals surface area contributed by atoms with Gasteiger partial charge in [-0.05, 0) is 6.42 Å². The van der Waals surface area contributed by atoms with Gasteiger partial charge in [0.05, 0.1) is 29.9 Å². The van der Waals surface area contributed by atoms with Gasteiger partial charge in [-0.2, -0.15) is 0 Å². The molecule has 2 aliphatic carbocycles. The molecule has 8 heteroatoms. The molecule has 0 bridgehead atoms. The topological polar surface area (TPSA) is 141 Å². The second-order valence-corrected chi connectivity index (χ2v) is 7.61. The summed E-state index contributed by atoms with van der Waals surface area (Å²) in [6.45, 7) is 1.59. The van der Waals surface area contributed by atoms with Crippen molar-refractivity contribution in [2.24, 2.45) is 0 Å². The molecule has 3 atom stereocenters. The van der Waals surface area contributed by atoms with Crippen LogP contribution in [0.3, 0.4) is 0 Å². The smallest absolute Gasteiger partial charge is 0.316 e. The number of hydrogen-bond acceptors (Lipinski definition) is 8. The summed E-state index contributed by atoms with van der Waals surface area (Å²) in [5.41, 5.74) is -3.15. The summed E-state index contributed by atoms with van der Waals surface area (Å²) in [5, 5.41) is 43.7. The van der Waals surface area contributed by atoms with Gasteiger partial charge in [0.2, 0.25) is 0 Å². The maximum atomic E-state index is 13.1. The molecule has 0 radical (unpaired) electrons. The lowest BCUT2D eigenvalue weighted by molar-refractivity contribution is -0.153. The van der Waals surface area contributed by atoms with E-state index in [4.69, 9.17) is 4.74 Å². The van der Waals surface area contributed by atoms with Crippen LogP contribution in [0.25, 0.3) is 0 Å². The molecule has 30 heavy (non-hydrogen) atoms. The minimum atomic E-state index is -1.79. The number of phenols is 2. The van der Waals surface area contributed by atoms with Crippen molar-refractivity contribution in [3.63, 3.8) is 0 Å². The highest BCUT2D eigenvalue weighted by molar-refractivity contribution is 6.30. The van der Waals surface area contributed by atoms with Crippen LogP contribution in [0.4, 0.5) is 0 Å². The summed E-state index contributed by atoms with van der Waals surface area (Å²) < 4.78 is 4.80. The molecular formula is C22H20O8. The first-order chi connectivity index (χ1) is 14.2. The minimum Gasteiger partial charge on any atom is -0.507 e. The molecule has 4 rings (SSSR count). The van der Waals surface area contributed by atoms with E-state index in [0.717, 1.165) is 7.11 Å². The Labute approximate surface area is 171 Å². The number of rotatable bonds is 2. The molecule has 0 unspecified atom stereocenters. The average Bonchev–Trinajstić information content (AvgIpc) is 2.73. The van der Waals surface area contributed by atoms with E-state index in [1.165, 1.54) is 12.1 Å². The number of esters is 1. The number of hydrogen-bond donors (Lipinski definition) is 4. The van der Waals surface area contributed by atoms with Gasteiger partial charge in [-0.15, -0.1) is 0 Å². The Morgan fingerprint density at radius 3 is 2.03 bits per heavy atom. The van der Waals surface area contributed by atoms with E-state index in [1.807, 2.05) is 0 Å². The normalized spacial score (nSPS) is 24.7. The number of ketones is 2. The van der Waals surface area contributed by atoms with Crippen molar-refractivity contribution < 1.29 is 39.5 Å². The van der Waals surface area contributed by atoms with Crippen LogP contribution in [-0.4, -0.2) is 50.7 Å². The predicted molar refractivity (Wildman–Crippen MR) is 103 cm³/mol. The van der Waals surface area contributed by atoms with Crippen LogP contribution in [0.2, 0.25) is 0 Å². The van der Waals surface area contributed by atoms with E-state index in [2.05, 4.69) is 0 Å². The maximum Gasteiger partial charge on any atom is 0.316 e. The quantitative estimate of drug-likeness (QED) is 0.368. The Bertz CT molecular complexity index is 1120. The maximum absolute atomic E-state index is 13.1. The molecule has 4 N–H and O–H groups in total. The van der Waals surface area contributed by atoms with Gasteiger partial charge in [-0.1, -0.05) is 31.2 Å². The number of benzene rings is 2. The average molecular weight is 412 g/mol. The SMILES string of the molecule is CC[C@]1(O)C[C@@H](O)c2c(O)c3c(c(O)c2[C@H]1C(=O)OC)C(=O)c1ccccc1C3=O. The zero-order valence-corrected chi connectivity index (χ0v) is 16.3. The molecule has 0 aromatic heterocycles. The molecule has 0 aliphatic heterocycles. The lowest BCUT2D eigenvalue weighted by Gasteiger charge is -2.42. The molecule has 2 aliphatic rings. The first kappa shape index (κ1) is 20.1. The van der Waals surface area contributed by atoms with Gasteiger partial charge in [-0.25, -0.2) is 0 Å². The van der Waals surface area contributed by atoms with Crippen LogP contribution in [-0.2, 0) is 9.53 Å². The monoisotopic (exact) mass is 412 g/mol. The molecule has 0 saturated heterocycles. The van der Waals surface area contributed by atoms with Gasteiger partial charge < -0.3 is 25.2 Å². The van der Waals surface area contributed by atoms with Crippen LogP contribution in [0.5, 0.6) is 11.5 Å². The van der Waals surface area contributed by atoms with E-state index >= 15 is 0 Å². The van der Waals surface area contributed by atoms with Crippen molar-refractivity contribution in [2.75, 3.05) is 7.11 Å². The van der Waals surface area contributed by atoms with Gasteiger partial charge in [0.25, 0.3) is 0 Å². The lowest BCUT2D eigenvalue weighted by Crippen LogP contribution is -2.46. The van der Waals surface area contributed by atoms with Crippen LogP contribution in [0.1, 0.15) is 74.8 Å². The standard InChI is InChI=1S/C22H20O8/c1-3-22(29)8-11(23)12-13(16(22)21(28)30-2)20(27)15-14(19(12)26)17(24)9-6-4-5-7-10(9)18(15)25/h4-7,11,16,23,26-27,29H,3,8H2,1-2H3/t11-,16+,22+/m1/s1. The number of methoxy groups -OCH3 is 1. The molecule has 0 saturated carbocycles. The Kier molecular flexibility index (Phi) is 4.44. The highest BCUT2D eigenvalue weighted by Gasteiger charge is 2.53. The summed E-state index contributed by atoms with van der Waals surface area (Å²) in [4.78, 5) is 38.7. The number of aliphatic hydroxyl groups excluding tert-OH is 1. The predicted octanol–water partition coefficient (Wildman–Crippen LogP) is 1.71. The summed E-state index contributed by atoms with van der Waals surface area (Å²) in [6, 6.07) is 5.97. The highest BCUT2D eigenvalue weighted by atomic mass is 16.5. The molecule has 0 heterocycles. The van der Waals surface area contributed by atoms with Crippen LogP contribution < -0.4 is 0 Å². The molecule has 8 nitrogen and oxygen atoms in total. The van der Waals surface area contributed by atoms with Crippen molar-refractivity contribution in [3.05, 3.63) is 57.6 Å². The van der Waals surface area contributed by atoms with Crippen LogP contribution in [0, 0.1) is 0 Å². The van der Waals surface area contributed by atoms with E-state index in [9.17, 15) is 34.8 Å². The number of phenolic OH excluding ortho intramolecular Hbond substituents is 2. The zero-order valence-electron chi connectivity index (χ0n) is 16.3. The minimum absolute atomic E-state index is 0.0241. The number of fused-ring (bicyclic) bond motifs is 3. The molecule has 2 aromatic rings. The van der Waals surface area contributed by atoms with E-state index in [0.29, 0.717) is 0 Å². The van der Waals surface area contributed by atoms with Gasteiger partial charge in [0, 0.05) is 28.7 Å². The van der Waals surface area contributed by atoms with Gasteiger partial charge in [-0.3, -0.25) is 14.4 Å². The zero-order chi connectivity index (χ0) is 22.0. The van der Waals surface area contributed by atoms with Crippen molar-refractivity contribution in [1.29, 1.82) is 0 Å². The first-order valence-electron chi connectivity index (χ1n) is 9.46. The fourth-order valence-corrected chi connectivity index (χ4v) is 4.61. The Hall–Kier alpha value is -3.23. The highest BCUT2D eigenvalue weighted by Crippen LogP contribution is 2.55. The number of aromatic hydroxyl groups is 2. The molecule has 0 fully saturated rings. The van der Waals surface area contributed by atoms with Crippen molar-refractivity contribution in [3.8, 4) is 11.5 Å². The lowest BCUT2D eigenvalue weighted by atomic mass is 9.66. The van der Waals surface area contributed by atoms with E-state index in [1.54, 1.807) is 19.1 Å². The van der Waals surface area contributed by atoms with Gasteiger partial charge >= 0.3 is 5.97 Å². The molecule has 0 amide bonds. The second kappa shape index (κ2) is 6.65. The fourth-order valence-electron chi connectivity index (χ4n) is 4.61. The largest absolute Gasteiger partial charge is 0.507 e. The van der Waals surface area contributed by atoms with Crippen molar-refractivity contribution in [1.82, 2.24) is 0 Å². The number of aliphatic hydroxyl groups is 2. The van der Waals surface area contributed by atoms with Crippen LogP contribution >= 0.6 is 0 Å². The summed E-state index contributed by atoms with van der Waals surface area (Å²) in [5.74, 6) is -5.19. The van der Waals surface area contributed by atoms with Crippen LogP contribution in [0.15, 0.2) is 24.3 Å². The Balaban J connectivity index is 2.10. The van der Waals surface area contributed by atoms with Gasteiger partial charge in [0.15, 0.2) is 11.6 Å². The number of ether oxygens (including phenoxy) is 1. The number of carbonyl (C=O) groups is 3. The van der Waals surface area contributed by atoms with Gasteiger partial charge in [0.1, 0.15) is 17.4 Å². The Morgan fingerprint density at radius 2 is 1.57 bits per heavy atom. The fraction of sp³-hybridized carbons (Fsp3) is 0.318. The molecule has 0 spiro atoms. The third-order valence-electron chi connectivity index (χ3n) is 6.15. The second-order valence-electron chi connectivity index (χ2n) is 7.61. The third-order valence-corrected chi connectivity index (χ3v) is 6.15. The Morgan fingerprint density at radius 1 is 1.07 bits per heavy atom. The molecule has 2 aromatic carbocycles.